The molecule has 13 heteroatoms. The summed E-state index contributed by atoms with van der Waals surface area (Å²) < 4.78 is 23.9. The van der Waals surface area contributed by atoms with Crippen molar-refractivity contribution in [1.29, 1.82) is 0 Å². The quantitative estimate of drug-likeness (QED) is 0.138. The number of fused-ring (bicyclic) bond motifs is 7. The van der Waals surface area contributed by atoms with Crippen molar-refractivity contribution in [2.24, 2.45) is 50.2 Å². The fraction of sp³-hybridized carbons (Fsp3) is 0.929. The Labute approximate surface area is 325 Å². The van der Waals surface area contributed by atoms with Crippen LogP contribution in [0.15, 0.2) is 11.6 Å². The minimum absolute atomic E-state index is 0.00451. The Morgan fingerprint density at radius 2 is 1.35 bits per heavy atom. The van der Waals surface area contributed by atoms with Gasteiger partial charge >= 0.3 is 5.97 Å². The van der Waals surface area contributed by atoms with Crippen molar-refractivity contribution in [2.45, 2.75) is 180 Å². The highest BCUT2D eigenvalue weighted by atomic mass is 16.7. The van der Waals surface area contributed by atoms with Crippen LogP contribution >= 0.6 is 0 Å². The third-order valence-electron chi connectivity index (χ3n) is 17.3. The number of carboxylic acids is 1. The highest BCUT2D eigenvalue weighted by Gasteiger charge is 2.69. The first-order chi connectivity index (χ1) is 25.6. The van der Waals surface area contributed by atoms with E-state index < -0.39 is 86.0 Å². The van der Waals surface area contributed by atoms with E-state index in [1.54, 1.807) is 0 Å². The summed E-state index contributed by atoms with van der Waals surface area (Å²) >= 11 is 0. The molecule has 2 heterocycles. The second-order valence-corrected chi connectivity index (χ2v) is 20.7. The molecule has 0 aromatic rings. The number of allylic oxidation sites excluding steroid dienone is 2. The SMILES string of the molecule is CC1(C)CCC2(C(=O)O)CC[C@]3(C)C(=CCC4C5(C)CCC(O[C@@H]6O[C@H](CO)[C@@H](O[C@@H]7O[C@H](CO)[C@H](O)[C@H](O)[C@H]7O)[C@H](O)[C@H]6O)C(C)(C)C5CCC43C)C2C1. The van der Waals surface area contributed by atoms with Gasteiger partial charge in [0.15, 0.2) is 12.6 Å². The van der Waals surface area contributed by atoms with Crippen LogP contribution in [-0.2, 0) is 23.7 Å². The average molecular weight is 781 g/mol. The lowest BCUT2D eigenvalue weighted by molar-refractivity contribution is -0.368. The summed E-state index contributed by atoms with van der Waals surface area (Å²) in [7, 11) is 0. The summed E-state index contributed by atoms with van der Waals surface area (Å²) in [6.07, 6.45) is -4.17. The lowest BCUT2D eigenvalue weighted by Gasteiger charge is -2.71. The molecule has 8 N–H and O–H groups in total. The zero-order chi connectivity index (χ0) is 40.3. The monoisotopic (exact) mass is 780 g/mol. The van der Waals surface area contributed by atoms with Crippen molar-refractivity contribution < 1.29 is 64.6 Å². The smallest absolute Gasteiger partial charge is 0.310 e. The zero-order valence-electron chi connectivity index (χ0n) is 33.8. The molecule has 0 bridgehead atoms. The van der Waals surface area contributed by atoms with E-state index in [2.05, 4.69) is 54.5 Å². The van der Waals surface area contributed by atoms with Gasteiger partial charge in [-0.15, -0.1) is 0 Å². The first kappa shape index (κ1) is 41.9. The van der Waals surface area contributed by atoms with Gasteiger partial charge in [-0.25, -0.2) is 0 Å². The summed E-state index contributed by atoms with van der Waals surface area (Å²) in [5, 5.41) is 84.2. The molecule has 0 spiro atoms. The first-order valence-corrected chi connectivity index (χ1v) is 20.8. The van der Waals surface area contributed by atoms with Gasteiger partial charge in [0.25, 0.3) is 0 Å². The van der Waals surface area contributed by atoms with Crippen LogP contribution in [0.25, 0.3) is 0 Å². The van der Waals surface area contributed by atoms with Gasteiger partial charge < -0.3 is 59.8 Å². The van der Waals surface area contributed by atoms with Crippen LogP contribution in [0.3, 0.4) is 0 Å². The van der Waals surface area contributed by atoms with Crippen molar-refractivity contribution in [1.82, 2.24) is 0 Å². The molecule has 2 saturated heterocycles. The van der Waals surface area contributed by atoms with Crippen LogP contribution in [0.4, 0.5) is 0 Å². The van der Waals surface area contributed by atoms with Gasteiger partial charge in [-0.05, 0) is 109 Å². The molecule has 18 atom stereocenters. The number of aliphatic carboxylic acids is 1. The molecule has 314 valence electrons. The molecule has 2 aliphatic heterocycles. The van der Waals surface area contributed by atoms with E-state index in [9.17, 15) is 45.6 Å². The minimum Gasteiger partial charge on any atom is -0.481 e. The zero-order valence-corrected chi connectivity index (χ0v) is 33.8. The largest absolute Gasteiger partial charge is 0.481 e. The van der Waals surface area contributed by atoms with Crippen LogP contribution in [0.5, 0.6) is 0 Å². The Bertz CT molecular complexity index is 1480. The molecule has 13 nitrogen and oxygen atoms in total. The van der Waals surface area contributed by atoms with Crippen LogP contribution in [0.2, 0.25) is 0 Å². The minimum atomic E-state index is -1.74. The number of carboxylic acid groups (broad SMARTS) is 1. The van der Waals surface area contributed by atoms with Gasteiger partial charge in [-0.3, -0.25) is 4.79 Å². The first-order valence-electron chi connectivity index (χ1n) is 20.8. The summed E-state index contributed by atoms with van der Waals surface area (Å²) in [6.45, 7) is 15.1. The highest BCUT2D eigenvalue weighted by Crippen LogP contribution is 2.76. The maximum atomic E-state index is 13.0. The molecule has 0 radical (unpaired) electrons. The maximum absolute atomic E-state index is 13.0. The predicted octanol–water partition coefficient (Wildman–Crippen LogP) is 2.88. The van der Waals surface area contributed by atoms with Gasteiger partial charge in [0.1, 0.15) is 48.8 Å². The Hall–Kier alpha value is -1.23. The second kappa shape index (κ2) is 14.2. The Balaban J connectivity index is 1.08. The third-order valence-corrected chi connectivity index (χ3v) is 17.3. The molecule has 7 aliphatic rings. The summed E-state index contributed by atoms with van der Waals surface area (Å²) in [6, 6.07) is 0. The molecule has 7 rings (SSSR count). The van der Waals surface area contributed by atoms with Gasteiger partial charge in [-0.1, -0.05) is 60.1 Å². The number of hydrogen-bond donors (Lipinski definition) is 8. The van der Waals surface area contributed by atoms with Crippen molar-refractivity contribution in [3.63, 3.8) is 0 Å². The molecule has 4 saturated carbocycles. The van der Waals surface area contributed by atoms with Gasteiger partial charge in [0.2, 0.25) is 0 Å². The lowest BCUT2D eigenvalue weighted by Crippen LogP contribution is -2.66. The van der Waals surface area contributed by atoms with Crippen molar-refractivity contribution in [3.05, 3.63) is 11.6 Å². The Morgan fingerprint density at radius 3 is 2.00 bits per heavy atom. The molecule has 55 heavy (non-hydrogen) atoms. The summed E-state index contributed by atoms with van der Waals surface area (Å²) in [5.74, 6) is 0.0886. The number of aliphatic hydroxyl groups excluding tert-OH is 7. The molecular weight excluding hydrogens is 712 g/mol. The summed E-state index contributed by atoms with van der Waals surface area (Å²) in [5.41, 5.74) is 0.344. The van der Waals surface area contributed by atoms with Gasteiger partial charge in [-0.2, -0.15) is 0 Å². The van der Waals surface area contributed by atoms with Crippen LogP contribution < -0.4 is 0 Å². The van der Waals surface area contributed by atoms with E-state index in [1.165, 1.54) is 5.57 Å². The predicted molar refractivity (Wildman–Crippen MR) is 198 cm³/mol. The number of aliphatic hydroxyl groups is 7. The number of rotatable bonds is 7. The topological polar surface area (TPSA) is 216 Å². The average Bonchev–Trinajstić information content (AvgIpc) is 3.12. The Morgan fingerprint density at radius 1 is 0.727 bits per heavy atom. The Kier molecular flexibility index (Phi) is 10.8. The standard InChI is InChI=1S/C42H68O13/c1-37(2)14-16-42(36(50)51)17-15-40(6)21(22(42)18-37)8-9-26-39(5)12-11-27(38(3,4)25(39)10-13-41(26,40)7)54-34-32(49)30(47)33(24(20-44)53-34)55-35-31(48)29(46)28(45)23(19-43)52-35/h8,22-35,43-49H,9-20H2,1-7H3,(H,50,51)/t22?,23-,24-,25?,26?,27?,28+,29+,30-,31-,32-,33-,34+,35+,39?,40-,41?,42?/m1/s1. The van der Waals surface area contributed by atoms with Crippen LogP contribution in [0, 0.1) is 50.2 Å². The molecule has 0 aromatic carbocycles. The van der Waals surface area contributed by atoms with E-state index >= 15 is 0 Å². The molecule has 5 aliphatic carbocycles. The van der Waals surface area contributed by atoms with E-state index in [0.29, 0.717) is 12.3 Å². The van der Waals surface area contributed by atoms with Gasteiger partial charge in [0.05, 0.1) is 24.7 Å². The maximum Gasteiger partial charge on any atom is 0.310 e. The lowest BCUT2D eigenvalue weighted by atomic mass is 9.33. The second-order valence-electron chi connectivity index (χ2n) is 20.7. The highest BCUT2D eigenvalue weighted by molar-refractivity contribution is 5.76. The normalized spacial score (nSPS) is 53.2. The molecular formula is C42H68O13. The van der Waals surface area contributed by atoms with Crippen molar-refractivity contribution in [3.8, 4) is 0 Å². The fourth-order valence-corrected chi connectivity index (χ4v) is 13.7. The molecule has 6 fully saturated rings. The van der Waals surface area contributed by atoms with Crippen molar-refractivity contribution in [2.75, 3.05) is 13.2 Å². The fourth-order valence-electron chi connectivity index (χ4n) is 13.7. The molecule has 7 unspecified atom stereocenters. The molecule has 0 aromatic heterocycles. The van der Waals surface area contributed by atoms with Crippen LogP contribution in [-0.4, -0.2) is 128 Å². The van der Waals surface area contributed by atoms with E-state index in [1.807, 2.05) is 0 Å². The number of hydrogen-bond acceptors (Lipinski definition) is 12. The van der Waals surface area contributed by atoms with E-state index in [4.69, 9.17) is 18.9 Å². The van der Waals surface area contributed by atoms with E-state index in [0.717, 1.165) is 57.8 Å². The summed E-state index contributed by atoms with van der Waals surface area (Å²) in [4.78, 5) is 13.0. The number of carbonyl (C=O) groups is 1. The van der Waals surface area contributed by atoms with E-state index in [-0.39, 0.29) is 45.0 Å². The van der Waals surface area contributed by atoms with Gasteiger partial charge in [0, 0.05) is 0 Å². The number of ether oxygens (including phenoxy) is 4. The third kappa shape index (κ3) is 6.23. The molecule has 0 amide bonds. The van der Waals surface area contributed by atoms with Crippen molar-refractivity contribution >= 4 is 5.97 Å². The van der Waals surface area contributed by atoms with Crippen LogP contribution in [0.1, 0.15) is 113 Å².